The third kappa shape index (κ3) is 5.81. The number of nitrogens with zero attached hydrogens (tertiary/aromatic N) is 1. The number of carbonyl (C=O) groups excluding carboxylic acids is 1. The van der Waals surface area contributed by atoms with E-state index in [1.54, 1.807) is 70.5 Å². The van der Waals surface area contributed by atoms with Crippen LogP contribution in [0.5, 0.6) is 17.2 Å². The van der Waals surface area contributed by atoms with E-state index in [0.717, 1.165) is 16.1 Å². The fraction of sp³-hybridized carbons (Fsp3) is 0.409. The third-order valence-electron chi connectivity index (χ3n) is 4.92. The zero-order valence-electron chi connectivity index (χ0n) is 18.7. The molecule has 0 spiro atoms. The lowest BCUT2D eigenvalue weighted by molar-refractivity contribution is -0.122. The number of sulfonamides is 1. The molecule has 0 unspecified atom stereocenters. The van der Waals surface area contributed by atoms with Gasteiger partial charge in [-0.2, -0.15) is 0 Å². The van der Waals surface area contributed by atoms with Crippen LogP contribution in [0.15, 0.2) is 42.5 Å². The van der Waals surface area contributed by atoms with Gasteiger partial charge in [0.05, 0.1) is 39.3 Å². The van der Waals surface area contributed by atoms with Gasteiger partial charge >= 0.3 is 0 Å². The number of amides is 1. The van der Waals surface area contributed by atoms with Crippen LogP contribution in [-0.2, 0) is 14.8 Å². The van der Waals surface area contributed by atoms with Gasteiger partial charge in [0.25, 0.3) is 0 Å². The minimum Gasteiger partial charge on any atom is -0.497 e. The highest BCUT2D eigenvalue weighted by molar-refractivity contribution is 7.92. The van der Waals surface area contributed by atoms with Crippen molar-refractivity contribution >= 4 is 21.6 Å². The van der Waals surface area contributed by atoms with Gasteiger partial charge in [0.15, 0.2) is 0 Å². The smallest absolute Gasteiger partial charge is 0.244 e. The van der Waals surface area contributed by atoms with Crippen molar-refractivity contribution in [3.8, 4) is 17.2 Å². The Morgan fingerprint density at radius 1 is 1.00 bits per heavy atom. The van der Waals surface area contributed by atoms with Gasteiger partial charge in [-0.05, 0) is 55.8 Å². The molecule has 170 valence electrons. The molecule has 0 saturated heterocycles. The van der Waals surface area contributed by atoms with Crippen LogP contribution in [0.1, 0.15) is 31.9 Å². The van der Waals surface area contributed by atoms with Crippen LogP contribution in [-0.4, -0.2) is 48.0 Å². The van der Waals surface area contributed by atoms with E-state index in [2.05, 4.69) is 5.32 Å². The lowest BCUT2D eigenvalue weighted by atomic mass is 10.1. The number of methoxy groups -OCH3 is 3. The summed E-state index contributed by atoms with van der Waals surface area (Å²) >= 11 is 0. The SMILES string of the molecule is CC[C@H](C(=O)N[C@@H](C)c1cc(OC)ccc1OC)N(c1ccc(OC)cc1)S(C)(=O)=O. The molecule has 1 amide bonds. The normalized spacial score (nSPS) is 13.1. The van der Waals surface area contributed by atoms with E-state index in [4.69, 9.17) is 14.2 Å². The molecule has 2 rings (SSSR count). The molecule has 0 bridgehead atoms. The lowest BCUT2D eigenvalue weighted by Crippen LogP contribution is -2.49. The molecule has 2 aromatic carbocycles. The van der Waals surface area contributed by atoms with Crippen LogP contribution < -0.4 is 23.8 Å². The first kappa shape index (κ1) is 24.3. The molecule has 2 aromatic rings. The van der Waals surface area contributed by atoms with Crippen LogP contribution in [0.4, 0.5) is 5.69 Å². The Kier molecular flexibility index (Phi) is 8.15. The molecule has 8 nitrogen and oxygen atoms in total. The second-order valence-electron chi connectivity index (χ2n) is 7.02. The Bertz CT molecular complexity index is 992. The molecular formula is C22H30N2O6S. The standard InChI is InChI=1S/C22H30N2O6S/c1-7-20(24(31(6,26)27)16-8-10-17(28-3)11-9-16)22(25)23-15(2)19-14-18(29-4)12-13-21(19)30-5/h8-15,20H,7H2,1-6H3,(H,23,25)/t15-,20+/m0/s1. The minimum absolute atomic E-state index is 0.285. The third-order valence-corrected chi connectivity index (χ3v) is 6.10. The Morgan fingerprint density at radius 3 is 2.06 bits per heavy atom. The van der Waals surface area contributed by atoms with E-state index in [1.807, 2.05) is 0 Å². The second-order valence-corrected chi connectivity index (χ2v) is 8.88. The molecule has 0 heterocycles. The van der Waals surface area contributed by atoms with Crippen molar-refractivity contribution < 1.29 is 27.4 Å². The van der Waals surface area contributed by atoms with Crippen molar-refractivity contribution in [2.75, 3.05) is 31.9 Å². The number of anilines is 1. The van der Waals surface area contributed by atoms with Crippen LogP contribution >= 0.6 is 0 Å². The van der Waals surface area contributed by atoms with Gasteiger partial charge in [-0.3, -0.25) is 9.10 Å². The fourth-order valence-corrected chi connectivity index (χ4v) is 4.57. The van der Waals surface area contributed by atoms with Gasteiger partial charge < -0.3 is 19.5 Å². The number of ether oxygens (including phenoxy) is 3. The van der Waals surface area contributed by atoms with Crippen LogP contribution in [0, 0.1) is 0 Å². The Labute approximate surface area is 184 Å². The van der Waals surface area contributed by atoms with E-state index in [-0.39, 0.29) is 6.42 Å². The van der Waals surface area contributed by atoms with Crippen molar-refractivity contribution in [1.82, 2.24) is 5.32 Å². The summed E-state index contributed by atoms with van der Waals surface area (Å²) in [5.41, 5.74) is 1.11. The van der Waals surface area contributed by atoms with E-state index < -0.39 is 28.0 Å². The maximum absolute atomic E-state index is 13.2. The maximum Gasteiger partial charge on any atom is 0.244 e. The van der Waals surface area contributed by atoms with Crippen LogP contribution in [0.2, 0.25) is 0 Å². The van der Waals surface area contributed by atoms with Gasteiger partial charge in [-0.1, -0.05) is 6.92 Å². The molecule has 0 radical (unpaired) electrons. The predicted molar refractivity (Wildman–Crippen MR) is 120 cm³/mol. The summed E-state index contributed by atoms with van der Waals surface area (Å²) in [6.45, 7) is 3.57. The molecule has 0 fully saturated rings. The maximum atomic E-state index is 13.2. The highest BCUT2D eigenvalue weighted by atomic mass is 32.2. The van der Waals surface area contributed by atoms with Crippen molar-refractivity contribution in [2.45, 2.75) is 32.4 Å². The first-order valence-electron chi connectivity index (χ1n) is 9.82. The number of hydrogen-bond acceptors (Lipinski definition) is 6. The summed E-state index contributed by atoms with van der Waals surface area (Å²) in [5.74, 6) is 1.39. The van der Waals surface area contributed by atoms with Crippen LogP contribution in [0.25, 0.3) is 0 Å². The molecule has 0 aliphatic rings. The summed E-state index contributed by atoms with van der Waals surface area (Å²) in [4.78, 5) is 13.2. The molecule has 0 saturated carbocycles. The molecule has 31 heavy (non-hydrogen) atoms. The summed E-state index contributed by atoms with van der Waals surface area (Å²) in [6, 6.07) is 10.5. The number of rotatable bonds is 10. The Balaban J connectivity index is 2.35. The Hall–Kier alpha value is -2.94. The molecular weight excluding hydrogens is 420 g/mol. The highest BCUT2D eigenvalue weighted by Crippen LogP contribution is 2.30. The van der Waals surface area contributed by atoms with Crippen molar-refractivity contribution in [3.63, 3.8) is 0 Å². The Morgan fingerprint density at radius 2 is 1.58 bits per heavy atom. The number of hydrogen-bond donors (Lipinski definition) is 1. The topological polar surface area (TPSA) is 94.2 Å². The quantitative estimate of drug-likeness (QED) is 0.598. The second kappa shape index (κ2) is 10.4. The van der Waals surface area contributed by atoms with E-state index in [9.17, 15) is 13.2 Å². The molecule has 0 aliphatic carbocycles. The van der Waals surface area contributed by atoms with Crippen molar-refractivity contribution in [2.24, 2.45) is 0 Å². The highest BCUT2D eigenvalue weighted by Gasteiger charge is 2.32. The van der Waals surface area contributed by atoms with Crippen molar-refractivity contribution in [3.05, 3.63) is 48.0 Å². The van der Waals surface area contributed by atoms with Gasteiger partial charge in [0, 0.05) is 5.56 Å². The van der Waals surface area contributed by atoms with Gasteiger partial charge in [0.2, 0.25) is 15.9 Å². The van der Waals surface area contributed by atoms with E-state index >= 15 is 0 Å². The molecule has 9 heteroatoms. The minimum atomic E-state index is -3.73. The number of carbonyl (C=O) groups is 1. The lowest BCUT2D eigenvalue weighted by Gasteiger charge is -2.31. The predicted octanol–water partition coefficient (Wildman–Crippen LogP) is 3.13. The summed E-state index contributed by atoms with van der Waals surface area (Å²) in [5, 5.41) is 2.91. The van der Waals surface area contributed by atoms with Gasteiger partial charge in [0.1, 0.15) is 23.3 Å². The molecule has 2 atom stereocenters. The summed E-state index contributed by atoms with van der Waals surface area (Å²) in [7, 11) is 0.899. The zero-order chi connectivity index (χ0) is 23.2. The molecule has 1 N–H and O–H groups in total. The average Bonchev–Trinajstić information content (AvgIpc) is 2.75. The molecule has 0 aliphatic heterocycles. The molecule has 0 aromatic heterocycles. The zero-order valence-corrected chi connectivity index (χ0v) is 19.5. The fourth-order valence-electron chi connectivity index (χ4n) is 3.35. The van der Waals surface area contributed by atoms with Crippen molar-refractivity contribution in [1.29, 1.82) is 0 Å². The first-order chi connectivity index (χ1) is 14.7. The van der Waals surface area contributed by atoms with E-state index in [0.29, 0.717) is 22.9 Å². The van der Waals surface area contributed by atoms with Crippen LogP contribution in [0.3, 0.4) is 0 Å². The number of benzene rings is 2. The summed E-state index contributed by atoms with van der Waals surface area (Å²) < 4.78 is 42.2. The summed E-state index contributed by atoms with van der Waals surface area (Å²) in [6.07, 6.45) is 1.37. The largest absolute Gasteiger partial charge is 0.497 e. The first-order valence-corrected chi connectivity index (χ1v) is 11.7. The average molecular weight is 451 g/mol. The number of nitrogens with one attached hydrogen (secondary N) is 1. The monoisotopic (exact) mass is 450 g/mol. The van der Waals surface area contributed by atoms with E-state index in [1.165, 1.54) is 7.11 Å². The van der Waals surface area contributed by atoms with Gasteiger partial charge in [-0.15, -0.1) is 0 Å². The van der Waals surface area contributed by atoms with Gasteiger partial charge in [-0.25, -0.2) is 8.42 Å².